The van der Waals surface area contributed by atoms with Gasteiger partial charge >= 0.3 is 0 Å². The molecule has 1 saturated carbocycles. The van der Waals surface area contributed by atoms with Gasteiger partial charge in [0.05, 0.1) is 27.9 Å². The van der Waals surface area contributed by atoms with Gasteiger partial charge in [0.1, 0.15) is 0 Å². The van der Waals surface area contributed by atoms with Crippen LogP contribution in [0.4, 0.5) is 0 Å². The van der Waals surface area contributed by atoms with Gasteiger partial charge < -0.3 is 24.8 Å². The van der Waals surface area contributed by atoms with Gasteiger partial charge in [-0.2, -0.15) is 0 Å². The molecule has 0 saturated heterocycles. The number of benzene rings is 1. The highest BCUT2D eigenvalue weighted by Crippen LogP contribution is 2.43. The van der Waals surface area contributed by atoms with E-state index in [4.69, 9.17) is 19.2 Å². The van der Waals surface area contributed by atoms with Gasteiger partial charge in [0.2, 0.25) is 5.75 Å². The molecule has 1 aliphatic carbocycles. The average Bonchev–Trinajstić information content (AvgIpc) is 2.64. The van der Waals surface area contributed by atoms with Crippen LogP contribution in [-0.2, 0) is 6.54 Å². The van der Waals surface area contributed by atoms with Crippen LogP contribution in [-0.4, -0.2) is 40.4 Å². The Kier molecular flexibility index (Phi) is 7.42. The zero-order valence-corrected chi connectivity index (χ0v) is 16.8. The van der Waals surface area contributed by atoms with Crippen molar-refractivity contribution in [1.82, 2.24) is 10.6 Å². The van der Waals surface area contributed by atoms with Crippen LogP contribution < -0.4 is 24.8 Å². The molecule has 0 radical (unpaired) electrons. The number of rotatable bonds is 9. The largest absolute Gasteiger partial charge is 0.493 e. The highest BCUT2D eigenvalue weighted by atomic mass is 16.5. The fourth-order valence-corrected chi connectivity index (χ4v) is 3.34. The van der Waals surface area contributed by atoms with Gasteiger partial charge in [-0.15, -0.1) is 0 Å². The van der Waals surface area contributed by atoms with Gasteiger partial charge in [-0.05, 0) is 49.3 Å². The van der Waals surface area contributed by atoms with Crippen LogP contribution in [0, 0.1) is 5.41 Å². The summed E-state index contributed by atoms with van der Waals surface area (Å²) in [6.07, 6.45) is 5.17. The van der Waals surface area contributed by atoms with Crippen molar-refractivity contribution in [3.8, 4) is 17.2 Å². The van der Waals surface area contributed by atoms with E-state index in [0.29, 0.717) is 29.2 Å². The van der Waals surface area contributed by atoms with Crippen LogP contribution in [0.25, 0.3) is 0 Å². The second-order valence-corrected chi connectivity index (χ2v) is 6.79. The Morgan fingerprint density at radius 2 is 1.69 bits per heavy atom. The van der Waals surface area contributed by atoms with Gasteiger partial charge in [-0.3, -0.25) is 0 Å². The number of nitrogens with one attached hydrogen (secondary N) is 2. The number of aliphatic imine (C=N–C) groups is 1. The normalized spacial score (nSPS) is 15.8. The molecule has 1 aromatic carbocycles. The van der Waals surface area contributed by atoms with E-state index in [2.05, 4.69) is 24.5 Å². The van der Waals surface area contributed by atoms with Crippen LogP contribution in [0.1, 0.15) is 45.1 Å². The zero-order valence-electron chi connectivity index (χ0n) is 16.8. The van der Waals surface area contributed by atoms with Gasteiger partial charge in [0.15, 0.2) is 17.5 Å². The summed E-state index contributed by atoms with van der Waals surface area (Å²) in [6.45, 7) is 6.70. The Bertz CT molecular complexity index is 582. The molecule has 26 heavy (non-hydrogen) atoms. The summed E-state index contributed by atoms with van der Waals surface area (Å²) in [5, 5.41) is 6.85. The topological polar surface area (TPSA) is 64.1 Å². The minimum absolute atomic E-state index is 0.447. The highest BCUT2D eigenvalue weighted by molar-refractivity contribution is 5.79. The average molecular weight is 364 g/mol. The number of ether oxygens (including phenoxy) is 3. The van der Waals surface area contributed by atoms with E-state index in [-0.39, 0.29) is 0 Å². The maximum Gasteiger partial charge on any atom is 0.203 e. The van der Waals surface area contributed by atoms with Crippen LogP contribution in [0.2, 0.25) is 0 Å². The number of hydrogen-bond acceptors (Lipinski definition) is 4. The lowest BCUT2D eigenvalue weighted by molar-refractivity contribution is 0.131. The molecule has 0 heterocycles. The van der Waals surface area contributed by atoms with E-state index in [1.165, 1.54) is 25.7 Å². The molecule has 0 bridgehead atoms. The predicted molar refractivity (Wildman–Crippen MR) is 105 cm³/mol. The van der Waals surface area contributed by atoms with Crippen LogP contribution in [0.15, 0.2) is 17.1 Å². The molecule has 1 aromatic rings. The van der Waals surface area contributed by atoms with Crippen LogP contribution in [0.5, 0.6) is 17.2 Å². The van der Waals surface area contributed by atoms with E-state index in [1.54, 1.807) is 21.3 Å². The van der Waals surface area contributed by atoms with Crippen molar-refractivity contribution in [2.24, 2.45) is 10.4 Å². The lowest BCUT2D eigenvalue weighted by Crippen LogP contribution is -2.46. The fraction of sp³-hybridized carbons (Fsp3) is 0.650. The Morgan fingerprint density at radius 3 is 2.12 bits per heavy atom. The molecule has 0 aromatic heterocycles. The first kappa shape index (κ1) is 20.2. The molecule has 0 spiro atoms. The number of hydrogen-bond donors (Lipinski definition) is 2. The molecule has 1 fully saturated rings. The monoisotopic (exact) mass is 363 g/mol. The third-order valence-electron chi connectivity index (χ3n) is 5.28. The van der Waals surface area contributed by atoms with Crippen molar-refractivity contribution in [3.05, 3.63) is 17.7 Å². The van der Waals surface area contributed by atoms with Crippen molar-refractivity contribution in [2.75, 3.05) is 34.4 Å². The molecule has 1 aliphatic rings. The molecule has 6 nitrogen and oxygen atoms in total. The Balaban J connectivity index is 2.10. The first-order valence-electron chi connectivity index (χ1n) is 9.42. The van der Waals surface area contributed by atoms with Crippen LogP contribution in [0.3, 0.4) is 0 Å². The second-order valence-electron chi connectivity index (χ2n) is 6.79. The van der Waals surface area contributed by atoms with Crippen molar-refractivity contribution in [1.29, 1.82) is 0 Å². The lowest BCUT2D eigenvalue weighted by atomic mass is 9.67. The van der Waals surface area contributed by atoms with Crippen molar-refractivity contribution < 1.29 is 14.2 Å². The van der Waals surface area contributed by atoms with Gasteiger partial charge in [0, 0.05) is 13.1 Å². The summed E-state index contributed by atoms with van der Waals surface area (Å²) in [6, 6.07) is 3.88. The van der Waals surface area contributed by atoms with E-state index in [0.717, 1.165) is 24.6 Å². The molecule has 2 N–H and O–H groups in total. The molecule has 0 aliphatic heterocycles. The Hall–Kier alpha value is -2.11. The number of guanidine groups is 1. The first-order valence-corrected chi connectivity index (χ1v) is 9.42. The summed E-state index contributed by atoms with van der Waals surface area (Å²) < 4.78 is 16.2. The lowest BCUT2D eigenvalue weighted by Gasteiger charge is -2.41. The molecule has 6 heteroatoms. The molecule has 2 rings (SSSR count). The summed E-state index contributed by atoms with van der Waals surface area (Å²) in [4.78, 5) is 4.73. The molecule has 0 unspecified atom stereocenters. The summed E-state index contributed by atoms with van der Waals surface area (Å²) in [5.41, 5.74) is 1.45. The van der Waals surface area contributed by atoms with E-state index < -0.39 is 0 Å². The minimum Gasteiger partial charge on any atom is -0.493 e. The maximum absolute atomic E-state index is 5.42. The highest BCUT2D eigenvalue weighted by Gasteiger charge is 2.34. The molecule has 146 valence electrons. The number of methoxy groups -OCH3 is 3. The summed E-state index contributed by atoms with van der Waals surface area (Å²) in [7, 11) is 4.85. The van der Waals surface area contributed by atoms with Crippen LogP contribution >= 0.6 is 0 Å². The third kappa shape index (κ3) is 4.74. The minimum atomic E-state index is 0.447. The van der Waals surface area contributed by atoms with Crippen molar-refractivity contribution in [2.45, 2.75) is 46.1 Å². The van der Waals surface area contributed by atoms with Gasteiger partial charge in [0.25, 0.3) is 0 Å². The maximum atomic E-state index is 5.42. The number of nitrogens with zero attached hydrogens (tertiary/aromatic N) is 1. The fourth-order valence-electron chi connectivity index (χ4n) is 3.34. The van der Waals surface area contributed by atoms with Crippen molar-refractivity contribution in [3.63, 3.8) is 0 Å². The zero-order chi connectivity index (χ0) is 19.0. The first-order chi connectivity index (χ1) is 12.6. The van der Waals surface area contributed by atoms with E-state index >= 15 is 0 Å². The van der Waals surface area contributed by atoms with Gasteiger partial charge in [-0.25, -0.2) is 4.99 Å². The molecule has 0 amide bonds. The Morgan fingerprint density at radius 1 is 1.04 bits per heavy atom. The predicted octanol–water partition coefficient (Wildman–Crippen LogP) is 3.35. The molecular formula is C20H33N3O3. The van der Waals surface area contributed by atoms with E-state index in [9.17, 15) is 0 Å². The SMILES string of the molecule is CCNC(=NCc1cc(OC)c(OC)c(OC)c1)NCC1(CC)CCC1. The smallest absolute Gasteiger partial charge is 0.203 e. The Labute approximate surface area is 157 Å². The standard InChI is InChI=1S/C20H33N3O3/c1-6-20(9-8-10-20)14-23-19(21-7-2)22-13-15-11-16(24-3)18(26-5)17(12-15)25-4/h11-12H,6-10,13-14H2,1-5H3,(H2,21,22,23). The summed E-state index contributed by atoms with van der Waals surface area (Å²) in [5.74, 6) is 2.74. The van der Waals surface area contributed by atoms with Gasteiger partial charge in [-0.1, -0.05) is 13.3 Å². The quantitative estimate of drug-likeness (QED) is 0.520. The van der Waals surface area contributed by atoms with E-state index in [1.807, 2.05) is 12.1 Å². The molecule has 0 atom stereocenters. The second kappa shape index (κ2) is 9.55. The summed E-state index contributed by atoms with van der Waals surface area (Å²) >= 11 is 0. The van der Waals surface area contributed by atoms with Crippen molar-refractivity contribution >= 4 is 5.96 Å². The third-order valence-corrected chi connectivity index (χ3v) is 5.28. The molecular weight excluding hydrogens is 330 g/mol.